The zero-order chi connectivity index (χ0) is 24.0. The lowest BCUT2D eigenvalue weighted by Crippen LogP contribution is -2.46. The Morgan fingerprint density at radius 1 is 1.24 bits per heavy atom. The Hall–Kier alpha value is -3.80. The third kappa shape index (κ3) is 4.00. The quantitative estimate of drug-likeness (QED) is 0.742. The maximum absolute atomic E-state index is 12.7. The van der Waals surface area contributed by atoms with Crippen LogP contribution >= 0.6 is 0 Å². The highest BCUT2D eigenvalue weighted by atomic mass is 19.4. The second-order valence-corrected chi connectivity index (χ2v) is 8.25. The van der Waals surface area contributed by atoms with Gasteiger partial charge in [0.25, 0.3) is 0 Å². The molecule has 0 saturated heterocycles. The van der Waals surface area contributed by atoms with Crippen LogP contribution in [0.5, 0.6) is 0 Å². The number of carbonyl (C=O) groups is 1. The molecule has 5 heterocycles. The average molecular weight is 470 g/mol. The molecule has 9 nitrogen and oxygen atoms in total. The van der Waals surface area contributed by atoms with Crippen molar-refractivity contribution < 1.29 is 18.0 Å². The Kier molecular flexibility index (Phi) is 5.31. The van der Waals surface area contributed by atoms with Crippen molar-refractivity contribution in [1.82, 2.24) is 30.1 Å². The van der Waals surface area contributed by atoms with Gasteiger partial charge < -0.3 is 5.43 Å². The van der Waals surface area contributed by atoms with Crippen LogP contribution in [0, 0.1) is 0 Å². The third-order valence-corrected chi connectivity index (χ3v) is 5.96. The highest BCUT2D eigenvalue weighted by Crippen LogP contribution is 2.33. The first kappa shape index (κ1) is 22.0. The predicted molar refractivity (Wildman–Crippen MR) is 117 cm³/mol. The number of pyridine rings is 1. The van der Waals surface area contributed by atoms with Crippen LogP contribution in [0.15, 0.2) is 64.4 Å². The molecule has 0 bridgehead atoms. The zero-order valence-corrected chi connectivity index (χ0v) is 18.4. The summed E-state index contributed by atoms with van der Waals surface area (Å²) in [6.45, 7) is 2.60. The number of hydrazine groups is 1. The van der Waals surface area contributed by atoms with E-state index in [0.717, 1.165) is 22.9 Å². The maximum Gasteiger partial charge on any atom is 0.433 e. The normalized spacial score (nSPS) is 21.6. The highest BCUT2D eigenvalue weighted by molar-refractivity contribution is 6.48. The van der Waals surface area contributed by atoms with Crippen LogP contribution in [0.4, 0.5) is 13.2 Å². The second kappa shape index (κ2) is 8.20. The van der Waals surface area contributed by atoms with Crippen LogP contribution in [-0.4, -0.2) is 55.2 Å². The van der Waals surface area contributed by atoms with Crippen LogP contribution in [0.3, 0.4) is 0 Å². The number of carbonyl (C=O) groups excluding carboxylic acids is 1. The number of alkyl halides is 3. The van der Waals surface area contributed by atoms with E-state index in [-0.39, 0.29) is 18.5 Å². The number of hydrogen-bond acceptors (Lipinski definition) is 6. The van der Waals surface area contributed by atoms with Crippen LogP contribution in [0.1, 0.15) is 30.2 Å². The van der Waals surface area contributed by atoms with Gasteiger partial charge in [-0.25, -0.2) is 10.0 Å². The summed E-state index contributed by atoms with van der Waals surface area (Å²) in [6.07, 6.45) is 3.77. The summed E-state index contributed by atoms with van der Waals surface area (Å²) in [4.78, 5) is 26.7. The number of nitrogens with zero attached hydrogens (tertiary/aromatic N) is 7. The minimum absolute atomic E-state index is 0.00850. The second-order valence-electron chi connectivity index (χ2n) is 8.25. The molecule has 0 unspecified atom stereocenters. The van der Waals surface area contributed by atoms with Crippen molar-refractivity contribution in [2.24, 2.45) is 9.98 Å². The summed E-state index contributed by atoms with van der Waals surface area (Å²) < 4.78 is 39.7. The van der Waals surface area contributed by atoms with E-state index in [1.807, 2.05) is 19.0 Å². The number of hydrogen-bond donors (Lipinski definition) is 1. The van der Waals surface area contributed by atoms with E-state index in [1.165, 1.54) is 12.3 Å². The van der Waals surface area contributed by atoms with Crippen molar-refractivity contribution in [3.63, 3.8) is 0 Å². The van der Waals surface area contributed by atoms with E-state index in [1.54, 1.807) is 34.4 Å². The number of rotatable bonds is 4. The lowest BCUT2D eigenvalue weighted by atomic mass is 10.0. The molecule has 1 N–H and O–H groups in total. The number of likely N-dealkylation sites (N-methyl/N-ethyl adjacent to an activating group) is 1. The van der Waals surface area contributed by atoms with Crippen LogP contribution in [0.25, 0.3) is 0 Å². The van der Waals surface area contributed by atoms with Gasteiger partial charge in [0.1, 0.15) is 11.4 Å². The Morgan fingerprint density at radius 2 is 2.06 bits per heavy atom. The third-order valence-electron chi connectivity index (χ3n) is 5.96. The van der Waals surface area contributed by atoms with Crippen molar-refractivity contribution in [2.75, 3.05) is 7.05 Å². The van der Waals surface area contributed by atoms with Gasteiger partial charge in [0.05, 0.1) is 31.4 Å². The Morgan fingerprint density at radius 3 is 2.79 bits per heavy atom. The largest absolute Gasteiger partial charge is 0.433 e. The summed E-state index contributed by atoms with van der Waals surface area (Å²) in [5, 5.41) is 6.18. The summed E-state index contributed by atoms with van der Waals surface area (Å²) in [5.41, 5.74) is 6.15. The standard InChI is InChI=1S/C22H21F3N8O/c1-13-16-7-18(34)33-6-5-26-19(20(16)33)21(30-31(13)2)28-9-15-10-29-32(12-15)11-14-3-4-17(27-8-14)22(23,24)25/h3-6,8,10,12-13H,7,9,11H2,1-2H3,(H,28,30)/t13-/m0/s1. The molecule has 2 aromatic heterocycles. The van der Waals surface area contributed by atoms with Crippen molar-refractivity contribution in [3.8, 4) is 0 Å². The van der Waals surface area contributed by atoms with Gasteiger partial charge in [-0.15, -0.1) is 0 Å². The van der Waals surface area contributed by atoms with Crippen molar-refractivity contribution in [3.05, 3.63) is 71.2 Å². The number of amidine groups is 1. The molecule has 2 aromatic rings. The fourth-order valence-electron chi connectivity index (χ4n) is 4.07. The molecule has 34 heavy (non-hydrogen) atoms. The molecule has 3 aliphatic rings. The molecule has 0 aromatic carbocycles. The van der Waals surface area contributed by atoms with Crippen LogP contribution in [0.2, 0.25) is 0 Å². The van der Waals surface area contributed by atoms with Gasteiger partial charge in [-0.3, -0.25) is 24.4 Å². The summed E-state index contributed by atoms with van der Waals surface area (Å²) >= 11 is 0. The average Bonchev–Trinajstić information content (AvgIpc) is 3.37. The van der Waals surface area contributed by atoms with E-state index in [9.17, 15) is 18.0 Å². The van der Waals surface area contributed by atoms with E-state index >= 15 is 0 Å². The van der Waals surface area contributed by atoms with Crippen molar-refractivity contribution in [1.29, 1.82) is 0 Å². The Labute approximate surface area is 193 Å². The first-order chi connectivity index (χ1) is 16.2. The fraction of sp³-hybridized carbons (Fsp3) is 0.318. The van der Waals surface area contributed by atoms with Crippen molar-refractivity contribution in [2.45, 2.75) is 38.7 Å². The Bertz CT molecular complexity index is 1260. The molecule has 0 radical (unpaired) electrons. The van der Waals surface area contributed by atoms with Gasteiger partial charge in [0.15, 0.2) is 5.84 Å². The first-order valence-electron chi connectivity index (χ1n) is 10.6. The molecule has 5 rings (SSSR count). The number of halogens is 3. The van der Waals surface area contributed by atoms with Gasteiger partial charge in [0.2, 0.25) is 5.91 Å². The van der Waals surface area contributed by atoms with Crippen LogP contribution < -0.4 is 5.43 Å². The molecule has 12 heteroatoms. The molecule has 0 fully saturated rings. The molecule has 3 aliphatic heterocycles. The van der Waals surface area contributed by atoms with E-state index < -0.39 is 11.9 Å². The van der Waals surface area contributed by atoms with E-state index in [2.05, 4.69) is 20.5 Å². The number of aliphatic imine (C=N–C) groups is 2. The summed E-state index contributed by atoms with van der Waals surface area (Å²) in [5.74, 6) is 0.553. The molecule has 0 aliphatic carbocycles. The minimum atomic E-state index is -4.47. The zero-order valence-electron chi connectivity index (χ0n) is 18.4. The molecule has 0 spiro atoms. The molecule has 1 atom stereocenters. The number of amides is 1. The molecule has 176 valence electrons. The van der Waals surface area contributed by atoms with Gasteiger partial charge in [0, 0.05) is 43.4 Å². The smallest absolute Gasteiger partial charge is 0.301 e. The topological polar surface area (TPSA) is 91.0 Å². The summed E-state index contributed by atoms with van der Waals surface area (Å²) in [7, 11) is 1.89. The van der Waals surface area contributed by atoms with Gasteiger partial charge >= 0.3 is 6.18 Å². The van der Waals surface area contributed by atoms with Crippen molar-refractivity contribution >= 4 is 17.5 Å². The fourth-order valence-corrected chi connectivity index (χ4v) is 4.07. The highest BCUT2D eigenvalue weighted by Gasteiger charge is 2.40. The number of nitrogens with one attached hydrogen (secondary N) is 1. The van der Waals surface area contributed by atoms with Crippen LogP contribution in [-0.2, 0) is 24.1 Å². The molecule has 1 amide bonds. The number of aromatic nitrogens is 3. The summed E-state index contributed by atoms with van der Waals surface area (Å²) in [6, 6.07) is 2.33. The lowest BCUT2D eigenvalue weighted by Gasteiger charge is -2.25. The molecular formula is C22H21F3N8O. The van der Waals surface area contributed by atoms with Gasteiger partial charge in [-0.1, -0.05) is 6.07 Å². The SMILES string of the molecule is C[C@H]1C2=C3C(=NC=CN3C(=O)C2)C(=NCc2cnn(Cc3ccc(C(F)(F)F)nc3)c2)NN1C. The Balaban J connectivity index is 1.33. The monoisotopic (exact) mass is 470 g/mol. The maximum atomic E-state index is 12.7. The predicted octanol–water partition coefficient (Wildman–Crippen LogP) is 2.49. The molecular weight excluding hydrogens is 449 g/mol. The lowest BCUT2D eigenvalue weighted by molar-refractivity contribution is -0.141. The van der Waals surface area contributed by atoms with Gasteiger partial charge in [-0.2, -0.15) is 18.3 Å². The minimum Gasteiger partial charge on any atom is -0.301 e. The van der Waals surface area contributed by atoms with E-state index in [4.69, 9.17) is 4.99 Å². The van der Waals surface area contributed by atoms with E-state index in [0.29, 0.717) is 30.1 Å². The molecule has 0 saturated carbocycles. The first-order valence-corrected chi connectivity index (χ1v) is 10.6. The van der Waals surface area contributed by atoms with Gasteiger partial charge in [-0.05, 0) is 24.1 Å².